The maximum absolute atomic E-state index is 12.0. The van der Waals surface area contributed by atoms with E-state index in [2.05, 4.69) is 6.58 Å². The molecule has 0 fully saturated rings. The van der Waals surface area contributed by atoms with E-state index in [1.165, 1.54) is 12.1 Å². The monoisotopic (exact) mass is 244 g/mol. The highest BCUT2D eigenvalue weighted by atomic mass is 16.4. The molecule has 0 aliphatic heterocycles. The van der Waals surface area contributed by atoms with E-state index in [1.54, 1.807) is 18.2 Å². The molecule has 0 radical (unpaired) electrons. The van der Waals surface area contributed by atoms with Crippen molar-refractivity contribution >= 4 is 11.9 Å². The summed E-state index contributed by atoms with van der Waals surface area (Å²) in [5.41, 5.74) is 0.645. The molecule has 0 unspecified atom stereocenters. The third kappa shape index (κ3) is 3.46. The molecule has 0 aliphatic rings. The quantitative estimate of drug-likeness (QED) is 0.791. The average Bonchev–Trinajstić information content (AvgIpc) is 2.37. The molecule has 92 valence electrons. The molecule has 5 nitrogen and oxygen atoms in total. The minimum absolute atomic E-state index is 0.141. The van der Waals surface area contributed by atoms with Gasteiger partial charge in [0.2, 0.25) is 0 Å². The fraction of sp³-hybridized carbons (Fsp3) is 0.154. The van der Waals surface area contributed by atoms with Crippen LogP contribution in [-0.4, -0.2) is 35.0 Å². The molecule has 0 heterocycles. The lowest BCUT2D eigenvalue weighted by Gasteiger charge is -2.18. The highest BCUT2D eigenvalue weighted by molar-refractivity contribution is 5.96. The Morgan fingerprint density at radius 1 is 1.50 bits per heavy atom. The highest BCUT2D eigenvalue weighted by Crippen LogP contribution is 2.08. The zero-order chi connectivity index (χ0) is 13.5. The van der Waals surface area contributed by atoms with Crippen LogP contribution in [0.5, 0.6) is 0 Å². The van der Waals surface area contributed by atoms with Gasteiger partial charge in [0.1, 0.15) is 6.54 Å². The van der Waals surface area contributed by atoms with E-state index in [0.717, 1.165) is 4.90 Å². The lowest BCUT2D eigenvalue weighted by Crippen LogP contribution is -2.35. The molecular weight excluding hydrogens is 232 g/mol. The number of nitrogens with zero attached hydrogens (tertiary/aromatic N) is 2. The molecule has 0 spiro atoms. The van der Waals surface area contributed by atoms with Gasteiger partial charge in [-0.2, -0.15) is 5.26 Å². The van der Waals surface area contributed by atoms with Gasteiger partial charge in [0.05, 0.1) is 11.6 Å². The molecule has 1 rings (SSSR count). The summed E-state index contributed by atoms with van der Waals surface area (Å²) in [6.07, 6.45) is 1.45. The summed E-state index contributed by atoms with van der Waals surface area (Å²) >= 11 is 0. The van der Waals surface area contributed by atoms with Gasteiger partial charge in [-0.05, 0) is 18.2 Å². The van der Waals surface area contributed by atoms with E-state index in [1.807, 2.05) is 6.07 Å². The summed E-state index contributed by atoms with van der Waals surface area (Å²) in [5.74, 6) is -1.53. The van der Waals surface area contributed by atoms with Crippen LogP contribution in [0.25, 0.3) is 0 Å². The Bertz CT molecular complexity index is 517. The van der Waals surface area contributed by atoms with Crippen LogP contribution in [0.2, 0.25) is 0 Å². The van der Waals surface area contributed by atoms with Crippen molar-refractivity contribution in [1.82, 2.24) is 4.90 Å². The van der Waals surface area contributed by atoms with Crippen molar-refractivity contribution < 1.29 is 14.7 Å². The Morgan fingerprint density at radius 3 is 2.78 bits per heavy atom. The molecular formula is C13H12N2O3. The van der Waals surface area contributed by atoms with E-state index >= 15 is 0 Å². The zero-order valence-electron chi connectivity index (χ0n) is 9.67. The van der Waals surface area contributed by atoms with E-state index < -0.39 is 18.4 Å². The number of carboxylic acid groups (broad SMARTS) is 1. The van der Waals surface area contributed by atoms with Crippen LogP contribution in [0.4, 0.5) is 0 Å². The molecule has 1 N–H and O–H groups in total. The molecule has 0 atom stereocenters. The number of hydrogen-bond acceptors (Lipinski definition) is 3. The minimum atomic E-state index is -1.10. The Kier molecular flexibility index (Phi) is 4.64. The summed E-state index contributed by atoms with van der Waals surface area (Å²) in [4.78, 5) is 23.9. The molecule has 1 amide bonds. The average molecular weight is 244 g/mol. The standard InChI is InChI=1S/C13H12N2O3/c1-2-6-15(9-12(16)17)13(18)11-5-3-4-10(7-11)8-14/h2-5,7H,1,6,9H2,(H,16,17). The first-order valence-corrected chi connectivity index (χ1v) is 5.20. The summed E-state index contributed by atoms with van der Waals surface area (Å²) < 4.78 is 0. The molecule has 1 aromatic rings. The Hall–Kier alpha value is -2.61. The first-order valence-electron chi connectivity index (χ1n) is 5.20. The predicted octanol–water partition coefficient (Wildman–Crippen LogP) is 1.27. The molecule has 0 bridgehead atoms. The van der Waals surface area contributed by atoms with Crippen LogP contribution in [0.3, 0.4) is 0 Å². The number of benzene rings is 1. The molecule has 18 heavy (non-hydrogen) atoms. The molecule has 0 saturated heterocycles. The van der Waals surface area contributed by atoms with E-state index in [4.69, 9.17) is 10.4 Å². The lowest BCUT2D eigenvalue weighted by atomic mass is 10.1. The van der Waals surface area contributed by atoms with Gasteiger partial charge in [-0.15, -0.1) is 6.58 Å². The summed E-state index contributed by atoms with van der Waals surface area (Å²) in [6, 6.07) is 8.06. The summed E-state index contributed by atoms with van der Waals surface area (Å²) in [7, 11) is 0. The van der Waals surface area contributed by atoms with Crippen LogP contribution in [0, 0.1) is 11.3 Å². The van der Waals surface area contributed by atoms with Gasteiger partial charge in [-0.25, -0.2) is 0 Å². The van der Waals surface area contributed by atoms with Gasteiger partial charge in [-0.3, -0.25) is 9.59 Å². The number of nitriles is 1. The largest absolute Gasteiger partial charge is 0.480 e. The van der Waals surface area contributed by atoms with Crippen LogP contribution in [-0.2, 0) is 4.79 Å². The van der Waals surface area contributed by atoms with Crippen LogP contribution >= 0.6 is 0 Å². The van der Waals surface area contributed by atoms with E-state index in [-0.39, 0.29) is 12.1 Å². The van der Waals surface area contributed by atoms with E-state index in [0.29, 0.717) is 5.56 Å². The molecule has 0 saturated carbocycles. The van der Waals surface area contributed by atoms with Gasteiger partial charge in [0.25, 0.3) is 5.91 Å². The zero-order valence-corrected chi connectivity index (χ0v) is 9.67. The van der Waals surface area contributed by atoms with Crippen molar-refractivity contribution in [3.63, 3.8) is 0 Å². The molecule has 0 aromatic heterocycles. The third-order valence-electron chi connectivity index (χ3n) is 2.20. The van der Waals surface area contributed by atoms with Crippen molar-refractivity contribution in [2.24, 2.45) is 0 Å². The number of amides is 1. The highest BCUT2D eigenvalue weighted by Gasteiger charge is 2.17. The first-order chi connectivity index (χ1) is 8.58. The lowest BCUT2D eigenvalue weighted by molar-refractivity contribution is -0.137. The maximum atomic E-state index is 12.0. The van der Waals surface area contributed by atoms with Crippen molar-refractivity contribution in [2.75, 3.05) is 13.1 Å². The smallest absolute Gasteiger partial charge is 0.323 e. The summed E-state index contributed by atoms with van der Waals surface area (Å²) in [5, 5.41) is 17.5. The molecule has 1 aromatic carbocycles. The number of rotatable bonds is 5. The second-order valence-electron chi connectivity index (χ2n) is 3.56. The second-order valence-corrected chi connectivity index (χ2v) is 3.56. The van der Waals surface area contributed by atoms with Gasteiger partial charge in [0, 0.05) is 12.1 Å². The number of hydrogen-bond donors (Lipinski definition) is 1. The Labute approximate surface area is 105 Å². The molecule has 5 heteroatoms. The van der Waals surface area contributed by atoms with Crippen LogP contribution in [0.1, 0.15) is 15.9 Å². The number of carboxylic acids is 1. The van der Waals surface area contributed by atoms with Crippen molar-refractivity contribution in [1.29, 1.82) is 5.26 Å². The van der Waals surface area contributed by atoms with Gasteiger partial charge in [0.15, 0.2) is 0 Å². The molecule has 0 aliphatic carbocycles. The first kappa shape index (κ1) is 13.5. The van der Waals surface area contributed by atoms with Crippen molar-refractivity contribution in [2.45, 2.75) is 0 Å². The fourth-order valence-electron chi connectivity index (χ4n) is 1.44. The normalized spacial score (nSPS) is 9.28. The predicted molar refractivity (Wildman–Crippen MR) is 64.9 cm³/mol. The number of carbonyl (C=O) groups excluding carboxylic acids is 1. The maximum Gasteiger partial charge on any atom is 0.323 e. The number of carbonyl (C=O) groups is 2. The van der Waals surface area contributed by atoms with Crippen LogP contribution < -0.4 is 0 Å². The Morgan fingerprint density at radius 2 is 2.22 bits per heavy atom. The van der Waals surface area contributed by atoms with Gasteiger partial charge < -0.3 is 10.0 Å². The summed E-state index contributed by atoms with van der Waals surface area (Å²) in [6.45, 7) is 3.22. The second kappa shape index (κ2) is 6.21. The van der Waals surface area contributed by atoms with Gasteiger partial charge >= 0.3 is 5.97 Å². The van der Waals surface area contributed by atoms with Gasteiger partial charge in [-0.1, -0.05) is 12.1 Å². The van der Waals surface area contributed by atoms with Crippen molar-refractivity contribution in [3.8, 4) is 6.07 Å². The van der Waals surface area contributed by atoms with Crippen molar-refractivity contribution in [3.05, 3.63) is 48.0 Å². The topological polar surface area (TPSA) is 81.4 Å². The SMILES string of the molecule is C=CCN(CC(=O)O)C(=O)c1cccc(C#N)c1. The number of aliphatic carboxylic acids is 1. The third-order valence-corrected chi connectivity index (χ3v) is 2.20. The fourth-order valence-corrected chi connectivity index (χ4v) is 1.44. The Balaban J connectivity index is 2.97. The van der Waals surface area contributed by atoms with Crippen LogP contribution in [0.15, 0.2) is 36.9 Å². The minimum Gasteiger partial charge on any atom is -0.480 e. The van der Waals surface area contributed by atoms with E-state index in [9.17, 15) is 9.59 Å².